The van der Waals surface area contributed by atoms with Crippen molar-refractivity contribution in [3.8, 4) is 0 Å². The Labute approximate surface area is 100 Å². The van der Waals surface area contributed by atoms with Crippen LogP contribution in [0.1, 0.15) is 5.56 Å². The molecule has 1 aromatic carbocycles. The Bertz CT molecular complexity index is 464. The van der Waals surface area contributed by atoms with Crippen LogP contribution in [-0.2, 0) is 0 Å². The molecule has 0 N–H and O–H groups in total. The van der Waals surface area contributed by atoms with Crippen molar-refractivity contribution in [2.24, 2.45) is 0 Å². The van der Waals surface area contributed by atoms with Crippen LogP contribution in [0.25, 0.3) is 10.9 Å². The minimum Gasteiger partial charge on any atom is -0.235 e. The number of hydrogen-bond acceptors (Lipinski definition) is 1. The number of halogens is 3. The fourth-order valence-corrected chi connectivity index (χ4v) is 2.05. The molecule has 4 heteroatoms. The van der Waals surface area contributed by atoms with E-state index in [1.165, 1.54) is 0 Å². The van der Waals surface area contributed by atoms with E-state index in [4.69, 9.17) is 23.2 Å². The second-order valence-electron chi connectivity index (χ2n) is 3.02. The molecular formula is C10H6BrCl2N. The highest BCUT2D eigenvalue weighted by Gasteiger charge is 2.07. The minimum atomic E-state index is 0.514. The first kappa shape index (κ1) is 10.2. The van der Waals surface area contributed by atoms with Gasteiger partial charge < -0.3 is 0 Å². The number of hydrogen-bond donors (Lipinski definition) is 0. The first-order chi connectivity index (χ1) is 6.59. The second-order valence-corrected chi connectivity index (χ2v) is 4.64. The van der Waals surface area contributed by atoms with Gasteiger partial charge in [0.05, 0.1) is 10.5 Å². The molecule has 0 amide bonds. The van der Waals surface area contributed by atoms with Crippen molar-refractivity contribution in [3.05, 3.63) is 38.4 Å². The number of nitrogens with zero attached hydrogens (tertiary/aromatic N) is 1. The van der Waals surface area contributed by atoms with Gasteiger partial charge >= 0.3 is 0 Å². The van der Waals surface area contributed by atoms with Crippen molar-refractivity contribution in [3.63, 3.8) is 0 Å². The number of fused-ring (bicyclic) bond motifs is 1. The summed E-state index contributed by atoms with van der Waals surface area (Å²) in [6.45, 7) is 1.91. The van der Waals surface area contributed by atoms with Crippen molar-refractivity contribution in [2.45, 2.75) is 6.92 Å². The Morgan fingerprint density at radius 3 is 2.71 bits per heavy atom. The SMILES string of the molecule is Cc1cc2c(Cl)ccc(Br)c2nc1Cl. The molecule has 1 nitrogen and oxygen atoms in total. The lowest BCUT2D eigenvalue weighted by Gasteiger charge is -2.04. The van der Waals surface area contributed by atoms with Crippen LogP contribution in [0.5, 0.6) is 0 Å². The third-order valence-electron chi connectivity index (χ3n) is 2.01. The van der Waals surface area contributed by atoms with Crippen LogP contribution >= 0.6 is 39.1 Å². The van der Waals surface area contributed by atoms with E-state index in [1.54, 1.807) is 0 Å². The minimum absolute atomic E-state index is 0.514. The average molecular weight is 291 g/mol. The summed E-state index contributed by atoms with van der Waals surface area (Å²) < 4.78 is 0.902. The van der Waals surface area contributed by atoms with Crippen molar-refractivity contribution < 1.29 is 0 Å². The van der Waals surface area contributed by atoms with Crippen LogP contribution in [-0.4, -0.2) is 4.98 Å². The maximum Gasteiger partial charge on any atom is 0.132 e. The van der Waals surface area contributed by atoms with Crippen LogP contribution in [0.2, 0.25) is 10.2 Å². The summed E-state index contributed by atoms with van der Waals surface area (Å²) in [5.74, 6) is 0. The van der Waals surface area contributed by atoms with Crippen LogP contribution < -0.4 is 0 Å². The summed E-state index contributed by atoms with van der Waals surface area (Å²) >= 11 is 15.4. The van der Waals surface area contributed by atoms with E-state index in [0.29, 0.717) is 10.2 Å². The first-order valence-corrected chi connectivity index (χ1v) is 5.55. The smallest absolute Gasteiger partial charge is 0.132 e. The number of pyridine rings is 1. The molecular weight excluding hydrogens is 285 g/mol. The first-order valence-electron chi connectivity index (χ1n) is 4.00. The highest BCUT2D eigenvalue weighted by molar-refractivity contribution is 9.10. The van der Waals surface area contributed by atoms with Gasteiger partial charge in [0.15, 0.2) is 0 Å². The van der Waals surface area contributed by atoms with Crippen LogP contribution in [0.3, 0.4) is 0 Å². The number of rotatable bonds is 0. The summed E-state index contributed by atoms with van der Waals surface area (Å²) in [7, 11) is 0. The van der Waals surface area contributed by atoms with E-state index < -0.39 is 0 Å². The Morgan fingerprint density at radius 2 is 2.00 bits per heavy atom. The molecule has 0 spiro atoms. The van der Waals surface area contributed by atoms with E-state index in [0.717, 1.165) is 20.9 Å². The zero-order valence-corrected chi connectivity index (χ0v) is 10.4. The highest BCUT2D eigenvalue weighted by Crippen LogP contribution is 2.31. The lowest BCUT2D eigenvalue weighted by molar-refractivity contribution is 1.33. The molecule has 0 radical (unpaired) electrons. The van der Waals surface area contributed by atoms with E-state index in [2.05, 4.69) is 20.9 Å². The van der Waals surface area contributed by atoms with Crippen LogP contribution in [0.15, 0.2) is 22.7 Å². The number of aryl methyl sites for hydroxylation is 1. The van der Waals surface area contributed by atoms with E-state index in [9.17, 15) is 0 Å². The Hall–Kier alpha value is -0.310. The Morgan fingerprint density at radius 1 is 1.29 bits per heavy atom. The summed E-state index contributed by atoms with van der Waals surface area (Å²) in [6.07, 6.45) is 0. The van der Waals surface area contributed by atoms with Crippen molar-refractivity contribution in [1.82, 2.24) is 4.98 Å². The Balaban J connectivity index is 2.94. The predicted molar refractivity (Wildman–Crippen MR) is 64.2 cm³/mol. The van der Waals surface area contributed by atoms with Gasteiger partial charge in [-0.05, 0) is 46.6 Å². The van der Waals surface area contributed by atoms with Crippen molar-refractivity contribution in [2.75, 3.05) is 0 Å². The molecule has 0 aliphatic carbocycles. The number of benzene rings is 1. The van der Waals surface area contributed by atoms with Gasteiger partial charge in [-0.15, -0.1) is 0 Å². The third kappa shape index (κ3) is 1.62. The molecule has 0 bridgehead atoms. The van der Waals surface area contributed by atoms with Crippen LogP contribution in [0.4, 0.5) is 0 Å². The van der Waals surface area contributed by atoms with E-state index in [-0.39, 0.29) is 0 Å². The van der Waals surface area contributed by atoms with Gasteiger partial charge in [0.1, 0.15) is 5.15 Å². The molecule has 1 aromatic heterocycles. The van der Waals surface area contributed by atoms with E-state index >= 15 is 0 Å². The highest BCUT2D eigenvalue weighted by atomic mass is 79.9. The molecule has 72 valence electrons. The zero-order chi connectivity index (χ0) is 10.3. The summed E-state index contributed by atoms with van der Waals surface area (Å²) in [5, 5.41) is 2.12. The Kier molecular flexibility index (Phi) is 2.69. The van der Waals surface area contributed by atoms with Gasteiger partial charge in [-0.3, -0.25) is 0 Å². The lowest BCUT2D eigenvalue weighted by atomic mass is 10.2. The molecule has 0 aliphatic rings. The molecule has 0 fully saturated rings. The van der Waals surface area contributed by atoms with E-state index in [1.807, 2.05) is 25.1 Å². The van der Waals surface area contributed by atoms with Gasteiger partial charge in [0.2, 0.25) is 0 Å². The summed E-state index contributed by atoms with van der Waals surface area (Å²) in [5.41, 5.74) is 1.73. The maximum absolute atomic E-state index is 6.05. The summed E-state index contributed by atoms with van der Waals surface area (Å²) in [4.78, 5) is 4.27. The van der Waals surface area contributed by atoms with Gasteiger partial charge in [0, 0.05) is 9.86 Å². The van der Waals surface area contributed by atoms with Gasteiger partial charge in [-0.1, -0.05) is 23.2 Å². The molecule has 0 unspecified atom stereocenters. The predicted octanol–water partition coefficient (Wildman–Crippen LogP) is 4.61. The molecule has 2 aromatic rings. The topological polar surface area (TPSA) is 12.9 Å². The third-order valence-corrected chi connectivity index (χ3v) is 3.36. The quantitative estimate of drug-likeness (QED) is 0.646. The molecule has 0 saturated heterocycles. The molecule has 1 heterocycles. The fourth-order valence-electron chi connectivity index (χ4n) is 1.27. The average Bonchev–Trinajstić information content (AvgIpc) is 2.15. The lowest BCUT2D eigenvalue weighted by Crippen LogP contribution is -1.86. The van der Waals surface area contributed by atoms with Gasteiger partial charge in [0.25, 0.3) is 0 Å². The molecule has 2 rings (SSSR count). The largest absolute Gasteiger partial charge is 0.235 e. The van der Waals surface area contributed by atoms with Crippen molar-refractivity contribution >= 4 is 50.0 Å². The standard InChI is InChI=1S/C10H6BrCl2N/c1-5-4-6-8(12)3-2-7(11)9(6)14-10(5)13/h2-4H,1H3. The van der Waals surface area contributed by atoms with Gasteiger partial charge in [-0.25, -0.2) is 4.98 Å². The monoisotopic (exact) mass is 289 g/mol. The van der Waals surface area contributed by atoms with Gasteiger partial charge in [-0.2, -0.15) is 0 Å². The normalized spacial score (nSPS) is 10.9. The molecule has 0 saturated carbocycles. The molecule has 0 aliphatic heterocycles. The molecule has 14 heavy (non-hydrogen) atoms. The number of aromatic nitrogens is 1. The zero-order valence-electron chi connectivity index (χ0n) is 7.31. The second kappa shape index (κ2) is 3.69. The fraction of sp³-hybridized carbons (Fsp3) is 0.100. The van der Waals surface area contributed by atoms with Crippen molar-refractivity contribution in [1.29, 1.82) is 0 Å². The summed E-state index contributed by atoms with van der Waals surface area (Å²) in [6, 6.07) is 5.64. The maximum atomic E-state index is 6.05. The molecule has 0 atom stereocenters. The van der Waals surface area contributed by atoms with Crippen LogP contribution in [0, 0.1) is 6.92 Å².